The van der Waals surface area contributed by atoms with Gasteiger partial charge in [0.25, 0.3) is 0 Å². The quantitative estimate of drug-likeness (QED) is 0.847. The molecule has 0 amide bonds. The van der Waals surface area contributed by atoms with E-state index in [0.717, 1.165) is 13.1 Å². The lowest BCUT2D eigenvalue weighted by Crippen LogP contribution is -2.47. The molecule has 1 aromatic rings. The molecule has 112 valence electrons. The van der Waals surface area contributed by atoms with Gasteiger partial charge in [0.1, 0.15) is 5.75 Å². The molecule has 5 nitrogen and oxygen atoms in total. The van der Waals surface area contributed by atoms with Crippen molar-refractivity contribution in [2.75, 3.05) is 39.8 Å². The van der Waals surface area contributed by atoms with Crippen molar-refractivity contribution in [3.05, 3.63) is 23.2 Å². The van der Waals surface area contributed by atoms with Gasteiger partial charge in [-0.3, -0.25) is 0 Å². The van der Waals surface area contributed by atoms with Gasteiger partial charge in [-0.2, -0.15) is 4.31 Å². The fraction of sp³-hybridized carbons (Fsp3) is 0.538. The third-order valence-electron chi connectivity index (χ3n) is 3.30. The van der Waals surface area contributed by atoms with E-state index in [9.17, 15) is 8.42 Å². The highest BCUT2D eigenvalue weighted by Gasteiger charge is 2.27. The van der Waals surface area contributed by atoms with E-state index in [0.29, 0.717) is 30.5 Å². The molecule has 1 heterocycles. The summed E-state index contributed by atoms with van der Waals surface area (Å²) in [6, 6.07) is 4.61. The Balaban J connectivity index is 2.23. The average Bonchev–Trinajstić information content (AvgIpc) is 2.41. The Morgan fingerprint density at radius 2 is 1.90 bits per heavy atom. The Labute approximate surface area is 125 Å². The van der Waals surface area contributed by atoms with E-state index >= 15 is 0 Å². The van der Waals surface area contributed by atoms with Gasteiger partial charge in [-0.1, -0.05) is 11.6 Å². The van der Waals surface area contributed by atoms with Crippen LogP contribution in [0, 0.1) is 0 Å². The van der Waals surface area contributed by atoms with Gasteiger partial charge in [0, 0.05) is 26.2 Å². The zero-order chi connectivity index (χ0) is 14.8. The van der Waals surface area contributed by atoms with Gasteiger partial charge in [0.05, 0.1) is 16.5 Å². The highest BCUT2D eigenvalue weighted by atomic mass is 35.5. The van der Waals surface area contributed by atoms with Crippen LogP contribution in [0.2, 0.25) is 5.02 Å². The Hall–Kier alpha value is -0.820. The summed E-state index contributed by atoms with van der Waals surface area (Å²) in [5.74, 6) is 0.506. The molecule has 0 unspecified atom stereocenters. The second kappa shape index (κ2) is 6.30. The smallest absolute Gasteiger partial charge is 0.243 e. The van der Waals surface area contributed by atoms with E-state index in [1.807, 2.05) is 14.0 Å². The summed E-state index contributed by atoms with van der Waals surface area (Å²) in [5, 5.41) is 0.321. The minimum absolute atomic E-state index is 0.218. The van der Waals surface area contributed by atoms with Crippen LogP contribution >= 0.6 is 11.6 Å². The van der Waals surface area contributed by atoms with Gasteiger partial charge < -0.3 is 9.64 Å². The molecule has 1 saturated heterocycles. The molecule has 0 saturated carbocycles. The normalized spacial score (nSPS) is 18.1. The van der Waals surface area contributed by atoms with Crippen LogP contribution in [-0.2, 0) is 10.0 Å². The molecule has 1 aliphatic rings. The molecule has 0 radical (unpaired) electrons. The number of rotatable bonds is 4. The first-order valence-electron chi connectivity index (χ1n) is 6.56. The molecule has 2 rings (SSSR count). The maximum Gasteiger partial charge on any atom is 0.243 e. The average molecular weight is 319 g/mol. The van der Waals surface area contributed by atoms with Crippen molar-refractivity contribution in [1.29, 1.82) is 0 Å². The van der Waals surface area contributed by atoms with Crippen molar-refractivity contribution in [1.82, 2.24) is 9.21 Å². The zero-order valence-electron chi connectivity index (χ0n) is 11.7. The van der Waals surface area contributed by atoms with E-state index in [1.54, 1.807) is 12.1 Å². The molecule has 0 atom stereocenters. The predicted octanol–water partition coefficient (Wildman–Crippen LogP) is 1.67. The summed E-state index contributed by atoms with van der Waals surface area (Å²) >= 11 is 6.06. The first-order valence-corrected chi connectivity index (χ1v) is 8.38. The summed E-state index contributed by atoms with van der Waals surface area (Å²) in [5.41, 5.74) is 0. The van der Waals surface area contributed by atoms with E-state index in [4.69, 9.17) is 16.3 Å². The Kier molecular flexibility index (Phi) is 4.90. The molecule has 20 heavy (non-hydrogen) atoms. The van der Waals surface area contributed by atoms with Gasteiger partial charge >= 0.3 is 0 Å². The standard InChI is InChI=1S/C13H19ClN2O3S/c1-3-19-13-5-4-11(10-12(13)14)20(17,18)16-8-6-15(2)7-9-16/h4-5,10H,3,6-9H2,1-2H3. The molecule has 0 bridgehead atoms. The van der Waals surface area contributed by atoms with E-state index in [2.05, 4.69) is 4.90 Å². The topological polar surface area (TPSA) is 49.9 Å². The molecule has 0 aromatic heterocycles. The SMILES string of the molecule is CCOc1ccc(S(=O)(=O)N2CCN(C)CC2)cc1Cl. The molecular formula is C13H19ClN2O3S. The van der Waals surface area contributed by atoms with E-state index in [1.165, 1.54) is 10.4 Å². The van der Waals surface area contributed by atoms with Crippen molar-refractivity contribution < 1.29 is 13.2 Å². The van der Waals surface area contributed by atoms with Crippen LogP contribution in [0.5, 0.6) is 5.75 Å². The van der Waals surface area contributed by atoms with Gasteiger partial charge in [0.15, 0.2) is 0 Å². The van der Waals surface area contributed by atoms with Crippen LogP contribution in [0.1, 0.15) is 6.92 Å². The zero-order valence-corrected chi connectivity index (χ0v) is 13.2. The fourth-order valence-electron chi connectivity index (χ4n) is 2.09. The van der Waals surface area contributed by atoms with Crippen LogP contribution in [0.4, 0.5) is 0 Å². The van der Waals surface area contributed by atoms with E-state index < -0.39 is 10.0 Å². The lowest BCUT2D eigenvalue weighted by atomic mass is 10.3. The van der Waals surface area contributed by atoms with Crippen LogP contribution in [-0.4, -0.2) is 57.5 Å². The number of sulfonamides is 1. The molecule has 1 aliphatic heterocycles. The summed E-state index contributed by atoms with van der Waals surface area (Å²) in [7, 11) is -1.49. The number of ether oxygens (including phenoxy) is 1. The second-order valence-electron chi connectivity index (χ2n) is 4.73. The van der Waals surface area contributed by atoms with Crippen LogP contribution in [0.25, 0.3) is 0 Å². The van der Waals surface area contributed by atoms with Crippen LogP contribution < -0.4 is 4.74 Å². The molecule has 0 aliphatic carbocycles. The van der Waals surface area contributed by atoms with E-state index in [-0.39, 0.29) is 4.90 Å². The Morgan fingerprint density at radius 1 is 1.25 bits per heavy atom. The van der Waals surface area contributed by atoms with Gasteiger partial charge in [-0.25, -0.2) is 8.42 Å². The highest BCUT2D eigenvalue weighted by molar-refractivity contribution is 7.89. The maximum atomic E-state index is 12.5. The van der Waals surface area contributed by atoms with Crippen molar-refractivity contribution >= 4 is 21.6 Å². The van der Waals surface area contributed by atoms with Gasteiger partial charge in [-0.15, -0.1) is 0 Å². The molecule has 7 heteroatoms. The second-order valence-corrected chi connectivity index (χ2v) is 7.08. The van der Waals surface area contributed by atoms with Gasteiger partial charge in [-0.05, 0) is 32.2 Å². The maximum absolute atomic E-state index is 12.5. The summed E-state index contributed by atoms with van der Waals surface area (Å²) in [6.45, 7) is 4.83. The number of piperazine rings is 1. The number of halogens is 1. The molecule has 0 N–H and O–H groups in total. The molecule has 1 fully saturated rings. The first-order chi connectivity index (χ1) is 9.45. The van der Waals surface area contributed by atoms with Crippen molar-refractivity contribution in [3.63, 3.8) is 0 Å². The first kappa shape index (κ1) is 15.6. The van der Waals surface area contributed by atoms with Gasteiger partial charge in [0.2, 0.25) is 10.0 Å². The predicted molar refractivity (Wildman–Crippen MR) is 78.9 cm³/mol. The summed E-state index contributed by atoms with van der Waals surface area (Å²) < 4.78 is 31.9. The molecule has 1 aromatic carbocycles. The monoisotopic (exact) mass is 318 g/mol. The third-order valence-corrected chi connectivity index (χ3v) is 5.49. The lowest BCUT2D eigenvalue weighted by molar-refractivity contribution is 0.222. The van der Waals surface area contributed by atoms with Crippen molar-refractivity contribution in [2.45, 2.75) is 11.8 Å². The lowest BCUT2D eigenvalue weighted by Gasteiger charge is -2.31. The van der Waals surface area contributed by atoms with Crippen LogP contribution in [0.15, 0.2) is 23.1 Å². The number of hydrogen-bond donors (Lipinski definition) is 0. The minimum atomic E-state index is -3.47. The number of benzene rings is 1. The third kappa shape index (κ3) is 3.25. The molecular weight excluding hydrogens is 300 g/mol. The minimum Gasteiger partial charge on any atom is -0.492 e. The summed E-state index contributed by atoms with van der Waals surface area (Å²) in [6.07, 6.45) is 0. The highest BCUT2D eigenvalue weighted by Crippen LogP contribution is 2.29. The fourth-order valence-corrected chi connectivity index (χ4v) is 3.84. The largest absolute Gasteiger partial charge is 0.492 e. The number of nitrogens with zero attached hydrogens (tertiary/aromatic N) is 2. The van der Waals surface area contributed by atoms with Crippen LogP contribution in [0.3, 0.4) is 0 Å². The number of hydrogen-bond acceptors (Lipinski definition) is 4. The summed E-state index contributed by atoms with van der Waals surface area (Å²) in [4.78, 5) is 2.33. The van der Waals surface area contributed by atoms with Crippen molar-refractivity contribution in [2.24, 2.45) is 0 Å². The molecule has 0 spiro atoms. The Morgan fingerprint density at radius 3 is 2.45 bits per heavy atom. The van der Waals surface area contributed by atoms with Crippen molar-refractivity contribution in [3.8, 4) is 5.75 Å². The number of likely N-dealkylation sites (N-methyl/N-ethyl adjacent to an activating group) is 1. The Bertz CT molecular complexity index is 569.